The molecule has 0 unspecified atom stereocenters. The van der Waals surface area contributed by atoms with Gasteiger partial charge < -0.3 is 19.9 Å². The van der Waals surface area contributed by atoms with E-state index in [0.717, 1.165) is 32.6 Å². The summed E-state index contributed by atoms with van der Waals surface area (Å²) < 4.78 is 5.31. The Morgan fingerprint density at radius 1 is 1.16 bits per heavy atom. The maximum atomic E-state index is 12.5. The number of hydrogen-bond donors (Lipinski definition) is 1. The molecule has 0 spiro atoms. The van der Waals surface area contributed by atoms with Gasteiger partial charge >= 0.3 is 0 Å². The summed E-state index contributed by atoms with van der Waals surface area (Å²) in [6, 6.07) is 7.07. The third-order valence-corrected chi connectivity index (χ3v) is 4.86. The molecule has 1 saturated heterocycles. The number of piperazine rings is 1. The molecule has 1 aliphatic heterocycles. The highest BCUT2D eigenvalue weighted by Crippen LogP contribution is 2.16. The number of benzene rings is 1. The predicted molar refractivity (Wildman–Crippen MR) is 98.7 cm³/mol. The van der Waals surface area contributed by atoms with Crippen molar-refractivity contribution < 1.29 is 14.3 Å². The van der Waals surface area contributed by atoms with E-state index in [1.54, 1.807) is 31.4 Å². The zero-order valence-electron chi connectivity index (χ0n) is 15.6. The molecule has 1 aromatic carbocycles. The fourth-order valence-corrected chi connectivity index (χ4v) is 2.91. The molecule has 1 aliphatic rings. The minimum absolute atomic E-state index is 0.0420. The van der Waals surface area contributed by atoms with Crippen molar-refractivity contribution in [3.05, 3.63) is 29.8 Å². The molecule has 0 radical (unpaired) electrons. The first-order chi connectivity index (χ1) is 12.0. The van der Waals surface area contributed by atoms with Crippen molar-refractivity contribution in [3.63, 3.8) is 0 Å². The van der Waals surface area contributed by atoms with Crippen LogP contribution in [-0.4, -0.2) is 68.1 Å². The van der Waals surface area contributed by atoms with Gasteiger partial charge in [-0.05, 0) is 37.2 Å². The molecule has 0 aromatic heterocycles. The minimum atomic E-state index is -0.475. The SMILES string of the molecule is CC[C@H](C)[C@H](OC)C(=O)Nc1ccc(C(=O)N2CCN(C)CC2)cc1. The molecule has 1 heterocycles. The second kappa shape index (κ2) is 8.97. The Hall–Kier alpha value is -1.92. The summed E-state index contributed by atoms with van der Waals surface area (Å²) in [6.45, 7) is 7.31. The van der Waals surface area contributed by atoms with Crippen LogP contribution in [0.3, 0.4) is 0 Å². The summed E-state index contributed by atoms with van der Waals surface area (Å²) >= 11 is 0. The summed E-state index contributed by atoms with van der Waals surface area (Å²) in [6.07, 6.45) is 0.390. The average molecular weight is 347 g/mol. The fourth-order valence-electron chi connectivity index (χ4n) is 2.91. The highest BCUT2D eigenvalue weighted by atomic mass is 16.5. The molecular weight excluding hydrogens is 318 g/mol. The van der Waals surface area contributed by atoms with Crippen molar-refractivity contribution in [2.45, 2.75) is 26.4 Å². The van der Waals surface area contributed by atoms with E-state index in [4.69, 9.17) is 4.74 Å². The van der Waals surface area contributed by atoms with Crippen LogP contribution in [0.1, 0.15) is 30.6 Å². The molecule has 0 aliphatic carbocycles. The molecule has 1 fully saturated rings. The second-order valence-corrected chi connectivity index (χ2v) is 6.70. The van der Waals surface area contributed by atoms with Crippen molar-refractivity contribution in [2.75, 3.05) is 45.7 Å². The first-order valence-corrected chi connectivity index (χ1v) is 8.87. The van der Waals surface area contributed by atoms with Crippen LogP contribution in [0.2, 0.25) is 0 Å². The molecule has 6 nitrogen and oxygen atoms in total. The number of nitrogens with one attached hydrogen (secondary N) is 1. The molecule has 1 N–H and O–H groups in total. The van der Waals surface area contributed by atoms with Crippen molar-refractivity contribution in [3.8, 4) is 0 Å². The lowest BCUT2D eigenvalue weighted by Crippen LogP contribution is -2.47. The van der Waals surface area contributed by atoms with Crippen LogP contribution in [0.4, 0.5) is 5.69 Å². The molecular formula is C19H29N3O3. The van der Waals surface area contributed by atoms with E-state index in [-0.39, 0.29) is 17.7 Å². The topological polar surface area (TPSA) is 61.9 Å². The van der Waals surface area contributed by atoms with E-state index in [9.17, 15) is 9.59 Å². The van der Waals surface area contributed by atoms with Crippen LogP contribution < -0.4 is 5.32 Å². The fraction of sp³-hybridized carbons (Fsp3) is 0.579. The van der Waals surface area contributed by atoms with Crippen molar-refractivity contribution in [1.82, 2.24) is 9.80 Å². The van der Waals surface area contributed by atoms with Gasteiger partial charge in [0.2, 0.25) is 0 Å². The normalized spacial score (nSPS) is 17.8. The van der Waals surface area contributed by atoms with Gasteiger partial charge in [-0.2, -0.15) is 0 Å². The van der Waals surface area contributed by atoms with Crippen molar-refractivity contribution in [1.29, 1.82) is 0 Å². The van der Waals surface area contributed by atoms with Gasteiger partial charge in [-0.25, -0.2) is 0 Å². The Morgan fingerprint density at radius 2 is 1.76 bits per heavy atom. The number of carbonyl (C=O) groups excluding carboxylic acids is 2. The summed E-state index contributed by atoms with van der Waals surface area (Å²) in [4.78, 5) is 28.9. The van der Waals surface area contributed by atoms with Crippen LogP contribution in [0.5, 0.6) is 0 Å². The molecule has 0 saturated carbocycles. The number of rotatable bonds is 6. The zero-order valence-corrected chi connectivity index (χ0v) is 15.6. The number of amides is 2. The second-order valence-electron chi connectivity index (χ2n) is 6.70. The van der Waals surface area contributed by atoms with Gasteiger partial charge in [-0.15, -0.1) is 0 Å². The zero-order chi connectivity index (χ0) is 18.4. The summed E-state index contributed by atoms with van der Waals surface area (Å²) in [7, 11) is 3.61. The number of anilines is 1. The van der Waals surface area contributed by atoms with Gasteiger partial charge in [0.15, 0.2) is 0 Å². The highest BCUT2D eigenvalue weighted by Gasteiger charge is 2.24. The van der Waals surface area contributed by atoms with E-state index < -0.39 is 6.10 Å². The lowest BCUT2D eigenvalue weighted by Gasteiger charge is -2.32. The Morgan fingerprint density at radius 3 is 2.28 bits per heavy atom. The summed E-state index contributed by atoms with van der Waals surface area (Å²) in [5.74, 6) is 0.0263. The third-order valence-electron chi connectivity index (χ3n) is 4.86. The largest absolute Gasteiger partial charge is 0.371 e. The first-order valence-electron chi connectivity index (χ1n) is 8.87. The molecule has 1 aromatic rings. The van der Waals surface area contributed by atoms with Gasteiger partial charge in [0, 0.05) is 44.5 Å². The van der Waals surface area contributed by atoms with E-state index >= 15 is 0 Å². The minimum Gasteiger partial charge on any atom is -0.371 e. The lowest BCUT2D eigenvalue weighted by atomic mass is 10.0. The third kappa shape index (κ3) is 5.03. The Kier molecular flexibility index (Phi) is 6.96. The smallest absolute Gasteiger partial charge is 0.253 e. The Labute approximate surface area is 150 Å². The number of likely N-dealkylation sites (N-methyl/N-ethyl adjacent to an activating group) is 1. The van der Waals surface area contributed by atoms with Crippen molar-refractivity contribution in [2.24, 2.45) is 5.92 Å². The van der Waals surface area contributed by atoms with Crippen LogP contribution in [-0.2, 0) is 9.53 Å². The number of carbonyl (C=O) groups is 2. The van der Waals surface area contributed by atoms with Crippen LogP contribution >= 0.6 is 0 Å². The molecule has 2 amide bonds. The maximum absolute atomic E-state index is 12.5. The highest BCUT2D eigenvalue weighted by molar-refractivity contribution is 5.97. The molecule has 2 atom stereocenters. The molecule has 2 rings (SSSR count). The van der Waals surface area contributed by atoms with Gasteiger partial charge in [-0.1, -0.05) is 20.3 Å². The van der Waals surface area contributed by atoms with Crippen LogP contribution in [0.15, 0.2) is 24.3 Å². The number of methoxy groups -OCH3 is 1. The molecule has 138 valence electrons. The quantitative estimate of drug-likeness (QED) is 0.856. The molecule has 0 bridgehead atoms. The van der Waals surface area contributed by atoms with Crippen molar-refractivity contribution >= 4 is 17.5 Å². The summed E-state index contributed by atoms with van der Waals surface area (Å²) in [5.41, 5.74) is 1.32. The van der Waals surface area contributed by atoms with Gasteiger partial charge in [0.05, 0.1) is 0 Å². The maximum Gasteiger partial charge on any atom is 0.253 e. The van der Waals surface area contributed by atoms with Gasteiger partial charge in [0.25, 0.3) is 11.8 Å². The lowest BCUT2D eigenvalue weighted by molar-refractivity contribution is -0.128. The molecule has 25 heavy (non-hydrogen) atoms. The van der Waals surface area contributed by atoms with E-state index in [1.165, 1.54) is 0 Å². The summed E-state index contributed by atoms with van der Waals surface area (Å²) in [5, 5.41) is 2.86. The van der Waals surface area contributed by atoms with Gasteiger partial charge in [0.1, 0.15) is 6.10 Å². The van der Waals surface area contributed by atoms with E-state index in [2.05, 4.69) is 17.3 Å². The van der Waals surface area contributed by atoms with Gasteiger partial charge in [-0.3, -0.25) is 9.59 Å². The van der Waals surface area contributed by atoms with Crippen LogP contribution in [0.25, 0.3) is 0 Å². The number of nitrogens with zero attached hydrogens (tertiary/aromatic N) is 2. The standard InChI is InChI=1S/C19H29N3O3/c1-5-14(2)17(25-4)18(23)20-16-8-6-15(7-9-16)19(24)22-12-10-21(3)11-13-22/h6-9,14,17H,5,10-13H2,1-4H3,(H,20,23)/t14-,17-/m0/s1. The average Bonchev–Trinajstić information content (AvgIpc) is 2.62. The predicted octanol–water partition coefficient (Wildman–Crippen LogP) is 2.07. The molecule has 6 heteroatoms. The van der Waals surface area contributed by atoms with E-state index in [1.807, 2.05) is 18.7 Å². The Balaban J connectivity index is 1.97. The first kappa shape index (κ1) is 19.4. The van der Waals surface area contributed by atoms with E-state index in [0.29, 0.717) is 11.3 Å². The monoisotopic (exact) mass is 347 g/mol. The Bertz CT molecular complexity index is 580. The number of ether oxygens (including phenoxy) is 1. The van der Waals surface area contributed by atoms with Crippen LogP contribution in [0, 0.1) is 5.92 Å². The number of hydrogen-bond acceptors (Lipinski definition) is 4.